The number of rotatable bonds is 8. The van der Waals surface area contributed by atoms with Gasteiger partial charge in [0.05, 0.1) is 0 Å². The highest BCUT2D eigenvalue weighted by atomic mass is 32.2. The molecular weight excluding hydrogens is 496 g/mol. The number of aliphatic carboxylic acids is 2. The van der Waals surface area contributed by atoms with E-state index in [1.165, 1.54) is 30.3 Å². The van der Waals surface area contributed by atoms with E-state index in [9.17, 15) is 35.5 Å². The Bertz CT molecular complexity index is 1590. The number of carboxylic acids is 2. The number of carboxylic acid groups (broad SMARTS) is 2. The van der Waals surface area contributed by atoms with Crippen molar-refractivity contribution in [1.29, 1.82) is 0 Å². The van der Waals surface area contributed by atoms with Gasteiger partial charge in [0.1, 0.15) is 21.3 Å². The van der Waals surface area contributed by atoms with Gasteiger partial charge in [0.25, 0.3) is 20.2 Å². The molecule has 14 heteroatoms. The summed E-state index contributed by atoms with van der Waals surface area (Å²) in [5.41, 5.74) is 0. The van der Waals surface area contributed by atoms with E-state index in [0.717, 1.165) is 0 Å². The summed E-state index contributed by atoms with van der Waals surface area (Å²) in [4.78, 5) is 20.5. The molecule has 0 aliphatic heterocycles. The van der Waals surface area contributed by atoms with Gasteiger partial charge in [-0.3, -0.25) is 9.11 Å². The van der Waals surface area contributed by atoms with Crippen LogP contribution in [0.1, 0.15) is 0 Å². The van der Waals surface area contributed by atoms with Crippen molar-refractivity contribution in [3.05, 3.63) is 36.4 Å². The summed E-state index contributed by atoms with van der Waals surface area (Å²) >= 11 is 0. The summed E-state index contributed by atoms with van der Waals surface area (Å²) in [6.45, 7) is -1.57. The van der Waals surface area contributed by atoms with Crippen LogP contribution in [-0.4, -0.2) is 61.3 Å². The largest absolute Gasteiger partial charge is 0.481 e. The quantitative estimate of drug-likeness (QED) is 0.199. The van der Waals surface area contributed by atoms with Gasteiger partial charge in [0.15, 0.2) is 13.2 Å². The molecule has 12 nitrogen and oxygen atoms in total. The van der Waals surface area contributed by atoms with E-state index in [-0.39, 0.29) is 43.8 Å². The van der Waals surface area contributed by atoms with E-state index in [1.54, 1.807) is 0 Å². The van der Waals surface area contributed by atoms with Crippen LogP contribution >= 0.6 is 0 Å². The zero-order valence-electron chi connectivity index (χ0n) is 16.7. The number of hydrogen-bond donors (Lipinski definition) is 4. The van der Waals surface area contributed by atoms with Crippen molar-refractivity contribution in [3.8, 4) is 11.5 Å². The number of benzene rings is 4. The summed E-state index contributed by atoms with van der Waals surface area (Å²) in [6.07, 6.45) is 0. The van der Waals surface area contributed by atoms with Crippen LogP contribution in [0.15, 0.2) is 46.2 Å². The van der Waals surface area contributed by atoms with Crippen molar-refractivity contribution in [1.82, 2.24) is 0 Å². The van der Waals surface area contributed by atoms with Crippen LogP contribution < -0.4 is 9.47 Å². The zero-order chi connectivity index (χ0) is 25.0. The molecule has 0 aliphatic rings. The van der Waals surface area contributed by atoms with E-state index in [2.05, 4.69) is 0 Å². The Morgan fingerprint density at radius 3 is 1.35 bits per heavy atom. The van der Waals surface area contributed by atoms with Gasteiger partial charge in [-0.15, -0.1) is 0 Å². The minimum atomic E-state index is -4.97. The lowest BCUT2D eigenvalue weighted by molar-refractivity contribution is -0.140. The van der Waals surface area contributed by atoms with Gasteiger partial charge in [-0.25, -0.2) is 9.59 Å². The van der Waals surface area contributed by atoms with Crippen LogP contribution in [0.4, 0.5) is 0 Å². The van der Waals surface area contributed by atoms with Crippen LogP contribution in [0, 0.1) is 0 Å². The van der Waals surface area contributed by atoms with Crippen LogP contribution in [0.3, 0.4) is 0 Å². The predicted molar refractivity (Wildman–Crippen MR) is 116 cm³/mol. The number of hydrogen-bond acceptors (Lipinski definition) is 8. The lowest BCUT2D eigenvalue weighted by atomic mass is 9.93. The van der Waals surface area contributed by atoms with Crippen LogP contribution in [0.25, 0.3) is 32.3 Å². The Balaban J connectivity index is 2.23. The maximum absolute atomic E-state index is 12.0. The highest BCUT2D eigenvalue weighted by Crippen LogP contribution is 2.46. The molecule has 4 N–H and O–H groups in total. The number of carbonyl (C=O) groups is 2. The van der Waals surface area contributed by atoms with Crippen molar-refractivity contribution in [2.75, 3.05) is 13.2 Å². The minimum Gasteiger partial charge on any atom is -0.481 e. The molecule has 0 atom stereocenters. The maximum Gasteiger partial charge on any atom is 0.341 e. The van der Waals surface area contributed by atoms with Gasteiger partial charge < -0.3 is 19.7 Å². The Morgan fingerprint density at radius 2 is 1.00 bits per heavy atom. The van der Waals surface area contributed by atoms with Gasteiger partial charge >= 0.3 is 11.9 Å². The maximum atomic E-state index is 12.0. The van der Waals surface area contributed by atoms with Gasteiger partial charge in [0, 0.05) is 38.4 Å². The fourth-order valence-corrected chi connectivity index (χ4v) is 5.31. The van der Waals surface area contributed by atoms with Gasteiger partial charge in [-0.1, -0.05) is 12.1 Å². The van der Waals surface area contributed by atoms with E-state index < -0.39 is 55.2 Å². The summed E-state index contributed by atoms with van der Waals surface area (Å²) in [6, 6.07) is 7.12. The molecule has 0 unspecified atom stereocenters. The molecule has 178 valence electrons. The van der Waals surface area contributed by atoms with Crippen LogP contribution in [0.2, 0.25) is 0 Å². The van der Waals surface area contributed by atoms with Gasteiger partial charge in [0.2, 0.25) is 0 Å². The third-order valence-corrected chi connectivity index (χ3v) is 6.79. The third-order valence-electron chi connectivity index (χ3n) is 5.01. The Hall–Kier alpha value is -3.72. The second kappa shape index (κ2) is 7.95. The molecule has 34 heavy (non-hydrogen) atoms. The van der Waals surface area contributed by atoms with E-state index in [1.807, 2.05) is 0 Å². The molecule has 4 aromatic rings. The summed E-state index contributed by atoms with van der Waals surface area (Å²) in [7, 11) is -9.93. The predicted octanol–water partition coefficient (Wildman–Crippen LogP) is 2.00. The smallest absolute Gasteiger partial charge is 0.341 e. The van der Waals surface area contributed by atoms with Crippen molar-refractivity contribution in [3.63, 3.8) is 0 Å². The molecule has 4 rings (SSSR count). The average Bonchev–Trinajstić information content (AvgIpc) is 2.72. The van der Waals surface area contributed by atoms with Crippen molar-refractivity contribution < 1.29 is 55.2 Å². The molecule has 0 aromatic heterocycles. The molecular formula is C20H14O12S2. The molecule has 4 aromatic carbocycles. The molecule has 0 radical (unpaired) electrons. The Kier molecular flexibility index (Phi) is 5.48. The molecule has 0 fully saturated rings. The number of ether oxygens (including phenoxy) is 2. The Labute approximate surface area is 190 Å². The molecule has 0 saturated carbocycles. The van der Waals surface area contributed by atoms with E-state index >= 15 is 0 Å². The van der Waals surface area contributed by atoms with Gasteiger partial charge in [-0.2, -0.15) is 16.8 Å². The minimum absolute atomic E-state index is 0.0290. The Morgan fingerprint density at radius 1 is 0.647 bits per heavy atom. The van der Waals surface area contributed by atoms with Gasteiger partial charge in [-0.05, 0) is 18.2 Å². The lowest BCUT2D eigenvalue weighted by Crippen LogP contribution is -2.12. The monoisotopic (exact) mass is 510 g/mol. The fraction of sp³-hybridized carbons (Fsp3) is 0.100. The third kappa shape index (κ3) is 4.03. The van der Waals surface area contributed by atoms with Crippen molar-refractivity contribution >= 4 is 64.5 Å². The zero-order valence-corrected chi connectivity index (χ0v) is 18.4. The summed E-state index contributed by atoms with van der Waals surface area (Å²) in [5, 5.41) is 18.3. The molecule has 0 bridgehead atoms. The van der Waals surface area contributed by atoms with Crippen LogP contribution in [-0.2, 0) is 29.8 Å². The SMILES string of the molecule is O=C(O)COc1cc(OCC(=O)O)c2ccc3c(S(=O)(=O)O)cc(S(=O)(=O)O)c4ccc1c2c43. The second-order valence-corrected chi connectivity index (χ2v) is 9.91. The standard InChI is InChI=1S/C20H14O12S2/c21-17(22)7-31-13-5-14(32-8-18(23)24)10-2-4-12-16(34(28,29)30)6-15(33(25,26)27)11-3-1-9(13)19(10)20(11)12/h1-6H,7-8H2,(H,21,22)(H,23,24)(H,25,26,27)(H,28,29,30). The van der Waals surface area contributed by atoms with Crippen molar-refractivity contribution in [2.45, 2.75) is 9.79 Å². The second-order valence-electron chi connectivity index (χ2n) is 7.13. The van der Waals surface area contributed by atoms with Crippen molar-refractivity contribution in [2.24, 2.45) is 0 Å². The first-order chi connectivity index (χ1) is 15.8. The highest BCUT2D eigenvalue weighted by molar-refractivity contribution is 7.87. The first-order valence-electron chi connectivity index (χ1n) is 9.21. The highest BCUT2D eigenvalue weighted by Gasteiger charge is 2.27. The summed E-state index contributed by atoms with van der Waals surface area (Å²) in [5.74, 6) is -2.78. The molecule has 0 amide bonds. The topological polar surface area (TPSA) is 202 Å². The van der Waals surface area contributed by atoms with E-state index in [0.29, 0.717) is 6.07 Å². The molecule has 0 heterocycles. The normalized spacial score (nSPS) is 12.4. The summed E-state index contributed by atoms with van der Waals surface area (Å²) < 4.78 is 78.2. The average molecular weight is 510 g/mol. The lowest BCUT2D eigenvalue weighted by Gasteiger charge is -2.19. The molecule has 0 aliphatic carbocycles. The first-order valence-corrected chi connectivity index (χ1v) is 12.1. The fourth-order valence-electron chi connectivity index (χ4n) is 3.81. The first kappa shape index (κ1) is 23.4. The molecule has 0 saturated heterocycles. The van der Waals surface area contributed by atoms with Crippen LogP contribution in [0.5, 0.6) is 11.5 Å². The van der Waals surface area contributed by atoms with E-state index in [4.69, 9.17) is 19.7 Å². The molecule has 0 spiro atoms.